The Hall–Kier alpha value is -2.15. The maximum absolute atomic E-state index is 5.39. The quantitative estimate of drug-likeness (QED) is 0.558. The zero-order valence-electron chi connectivity index (χ0n) is 17.8. The third kappa shape index (κ3) is 5.66. The number of methoxy groups -OCH3 is 2. The first-order chi connectivity index (χ1) is 12.8. The highest BCUT2D eigenvalue weighted by molar-refractivity contribution is 5.80. The van der Waals surface area contributed by atoms with E-state index in [2.05, 4.69) is 65.5 Å². The summed E-state index contributed by atoms with van der Waals surface area (Å²) in [6, 6.07) is 6.35. The summed E-state index contributed by atoms with van der Waals surface area (Å²) in [7, 11) is 9.36. The Morgan fingerprint density at radius 1 is 1.22 bits per heavy atom. The maximum atomic E-state index is 5.39. The molecule has 7 heteroatoms. The highest BCUT2D eigenvalue weighted by Crippen LogP contribution is 2.30. The fourth-order valence-electron chi connectivity index (χ4n) is 2.93. The largest absolute Gasteiger partial charge is 0.497 e. The second kappa shape index (κ2) is 9.17. The van der Waals surface area contributed by atoms with Gasteiger partial charge in [-0.1, -0.05) is 0 Å². The van der Waals surface area contributed by atoms with Gasteiger partial charge in [-0.05, 0) is 34.4 Å². The van der Waals surface area contributed by atoms with Crippen LogP contribution in [0.3, 0.4) is 0 Å². The molecule has 1 heterocycles. The molecule has 1 aliphatic rings. The molecule has 0 aromatic heterocycles. The number of aliphatic imine (C=N–C) groups is 1. The average molecular weight is 378 g/mol. The van der Waals surface area contributed by atoms with Gasteiger partial charge in [-0.25, -0.2) is 0 Å². The predicted molar refractivity (Wildman–Crippen MR) is 112 cm³/mol. The molecular formula is C20H35N5O2. The third-order valence-electron chi connectivity index (χ3n) is 5.35. The molecule has 0 aliphatic carbocycles. The topological polar surface area (TPSA) is 61.4 Å². The van der Waals surface area contributed by atoms with Crippen LogP contribution in [-0.2, 0) is 0 Å². The van der Waals surface area contributed by atoms with Crippen LogP contribution in [0.5, 0.6) is 11.5 Å². The number of guanidine groups is 1. The van der Waals surface area contributed by atoms with Crippen LogP contribution in [0, 0.1) is 0 Å². The Balaban J connectivity index is 1.95. The molecule has 1 atom stereocenters. The number of benzene rings is 1. The molecule has 1 aromatic rings. The van der Waals surface area contributed by atoms with Crippen LogP contribution in [0.25, 0.3) is 0 Å². The first-order valence-corrected chi connectivity index (χ1v) is 9.41. The van der Waals surface area contributed by atoms with Gasteiger partial charge in [-0.2, -0.15) is 0 Å². The van der Waals surface area contributed by atoms with Crippen LogP contribution in [0.4, 0.5) is 5.69 Å². The van der Waals surface area contributed by atoms with Crippen molar-refractivity contribution in [2.24, 2.45) is 4.99 Å². The Bertz CT molecular complexity index is 623. The molecule has 152 valence electrons. The van der Waals surface area contributed by atoms with Crippen molar-refractivity contribution in [3.63, 3.8) is 0 Å². The molecule has 27 heavy (non-hydrogen) atoms. The minimum atomic E-state index is 0.0521. The summed E-state index contributed by atoms with van der Waals surface area (Å²) in [6.45, 7) is 7.13. The van der Waals surface area contributed by atoms with Crippen molar-refractivity contribution in [3.8, 4) is 11.5 Å². The zero-order valence-corrected chi connectivity index (χ0v) is 17.8. The van der Waals surface area contributed by atoms with Crippen molar-refractivity contribution in [3.05, 3.63) is 18.2 Å². The summed E-state index contributed by atoms with van der Waals surface area (Å²) in [5.74, 6) is 2.47. The first kappa shape index (κ1) is 21.2. The number of ether oxygens (including phenoxy) is 2. The lowest BCUT2D eigenvalue weighted by Gasteiger charge is -2.33. The fraction of sp³-hybridized carbons (Fsp3) is 0.650. The summed E-state index contributed by atoms with van der Waals surface area (Å²) in [5.41, 5.74) is 1.17. The first-order valence-electron chi connectivity index (χ1n) is 9.41. The van der Waals surface area contributed by atoms with E-state index in [0.717, 1.165) is 49.2 Å². The van der Waals surface area contributed by atoms with E-state index in [1.807, 2.05) is 13.1 Å². The van der Waals surface area contributed by atoms with E-state index >= 15 is 0 Å². The van der Waals surface area contributed by atoms with E-state index in [0.29, 0.717) is 6.04 Å². The maximum Gasteiger partial charge on any atom is 0.191 e. The van der Waals surface area contributed by atoms with Crippen LogP contribution in [-0.4, -0.2) is 77.4 Å². The van der Waals surface area contributed by atoms with E-state index in [1.54, 1.807) is 14.2 Å². The number of rotatable bonds is 7. The molecule has 1 aliphatic heterocycles. The number of hydrogen-bond acceptors (Lipinski definition) is 5. The lowest BCUT2D eigenvalue weighted by Crippen LogP contribution is -2.52. The number of nitrogens with zero attached hydrogens (tertiary/aromatic N) is 3. The minimum absolute atomic E-state index is 0.0521. The molecule has 0 bridgehead atoms. The van der Waals surface area contributed by atoms with Crippen LogP contribution < -0.4 is 25.0 Å². The Morgan fingerprint density at radius 2 is 1.85 bits per heavy atom. The zero-order chi connectivity index (χ0) is 20.0. The van der Waals surface area contributed by atoms with Gasteiger partial charge in [0.15, 0.2) is 5.96 Å². The molecule has 0 radical (unpaired) electrons. The van der Waals surface area contributed by atoms with Gasteiger partial charge in [-0.3, -0.25) is 4.99 Å². The lowest BCUT2D eigenvalue weighted by molar-refractivity contribution is 0.197. The van der Waals surface area contributed by atoms with Gasteiger partial charge in [0.1, 0.15) is 11.5 Å². The second-order valence-corrected chi connectivity index (χ2v) is 7.78. The minimum Gasteiger partial charge on any atom is -0.497 e. The van der Waals surface area contributed by atoms with Gasteiger partial charge in [-0.15, -0.1) is 0 Å². The molecule has 2 N–H and O–H groups in total. The highest BCUT2D eigenvalue weighted by atomic mass is 16.5. The van der Waals surface area contributed by atoms with Crippen LogP contribution in [0.2, 0.25) is 0 Å². The molecule has 2 rings (SSSR count). The van der Waals surface area contributed by atoms with Gasteiger partial charge in [0.2, 0.25) is 0 Å². The summed E-state index contributed by atoms with van der Waals surface area (Å²) >= 11 is 0. The Morgan fingerprint density at radius 3 is 2.37 bits per heavy atom. The van der Waals surface area contributed by atoms with Gasteiger partial charge in [0, 0.05) is 62.1 Å². The van der Waals surface area contributed by atoms with E-state index in [1.165, 1.54) is 0 Å². The second-order valence-electron chi connectivity index (χ2n) is 7.78. The highest BCUT2D eigenvalue weighted by Gasteiger charge is 2.25. The molecule has 1 aromatic carbocycles. The predicted octanol–water partition coefficient (Wildman–Crippen LogP) is 1.79. The summed E-state index contributed by atoms with van der Waals surface area (Å²) < 4.78 is 10.8. The fourth-order valence-corrected chi connectivity index (χ4v) is 2.93. The number of hydrogen-bond donors (Lipinski definition) is 2. The van der Waals surface area contributed by atoms with Gasteiger partial charge >= 0.3 is 0 Å². The summed E-state index contributed by atoms with van der Waals surface area (Å²) in [5, 5.41) is 7.00. The van der Waals surface area contributed by atoms with E-state index in [4.69, 9.17) is 9.47 Å². The number of nitrogens with one attached hydrogen (secondary N) is 2. The van der Waals surface area contributed by atoms with Crippen LogP contribution in [0.15, 0.2) is 23.2 Å². The molecule has 0 saturated carbocycles. The smallest absolute Gasteiger partial charge is 0.191 e. The molecular weight excluding hydrogens is 342 g/mol. The van der Waals surface area contributed by atoms with Crippen molar-refractivity contribution < 1.29 is 9.47 Å². The molecule has 1 saturated heterocycles. The lowest BCUT2D eigenvalue weighted by atomic mass is 10.0. The number of likely N-dealkylation sites (N-methyl/N-ethyl adjacent to an activating group) is 1. The van der Waals surface area contributed by atoms with Crippen molar-refractivity contribution in [2.45, 2.75) is 31.8 Å². The van der Waals surface area contributed by atoms with Gasteiger partial charge < -0.3 is 29.9 Å². The van der Waals surface area contributed by atoms with Gasteiger partial charge in [0.25, 0.3) is 0 Å². The van der Waals surface area contributed by atoms with E-state index < -0.39 is 0 Å². The average Bonchev–Trinajstić information content (AvgIpc) is 3.13. The van der Waals surface area contributed by atoms with Crippen molar-refractivity contribution in [1.82, 2.24) is 15.5 Å². The van der Waals surface area contributed by atoms with E-state index in [-0.39, 0.29) is 5.54 Å². The molecule has 0 amide bonds. The Labute approximate surface area is 163 Å². The normalized spacial score (nSPS) is 18.0. The van der Waals surface area contributed by atoms with Crippen molar-refractivity contribution in [1.29, 1.82) is 0 Å². The standard InChI is InChI=1S/C20H35N5O2/c1-20(2,24(4)5)14-22-19(21-3)23-15-8-9-25(13-15)16-10-17(26-6)12-18(11-16)27-7/h10-12,15H,8-9,13-14H2,1-7H3,(H2,21,22,23). The molecule has 1 fully saturated rings. The van der Waals surface area contributed by atoms with Crippen molar-refractivity contribution in [2.75, 3.05) is 59.9 Å². The summed E-state index contributed by atoms with van der Waals surface area (Å²) in [6.07, 6.45) is 1.05. The molecule has 1 unspecified atom stereocenters. The summed E-state index contributed by atoms with van der Waals surface area (Å²) in [4.78, 5) is 8.94. The molecule has 7 nitrogen and oxygen atoms in total. The number of anilines is 1. The van der Waals surface area contributed by atoms with E-state index in [9.17, 15) is 0 Å². The van der Waals surface area contributed by atoms with Gasteiger partial charge in [0.05, 0.1) is 14.2 Å². The monoisotopic (exact) mass is 377 g/mol. The van der Waals surface area contributed by atoms with Crippen LogP contribution >= 0.6 is 0 Å². The SMILES string of the molecule is CN=C(NCC(C)(C)N(C)C)NC1CCN(c2cc(OC)cc(OC)c2)C1. The third-order valence-corrected chi connectivity index (χ3v) is 5.35. The molecule has 0 spiro atoms. The van der Waals surface area contributed by atoms with Crippen LogP contribution in [0.1, 0.15) is 20.3 Å². The van der Waals surface area contributed by atoms with Crippen molar-refractivity contribution >= 4 is 11.6 Å². The Kier molecular flexibility index (Phi) is 7.18.